The van der Waals surface area contributed by atoms with Crippen LogP contribution in [0.1, 0.15) is 6.92 Å². The van der Waals surface area contributed by atoms with Gasteiger partial charge in [0.2, 0.25) is 5.91 Å². The first-order valence-corrected chi connectivity index (χ1v) is 6.51. The second-order valence-corrected chi connectivity index (χ2v) is 5.00. The summed E-state index contributed by atoms with van der Waals surface area (Å²) in [5.41, 5.74) is 1.57. The number of fused-ring (bicyclic) bond motifs is 1. The van der Waals surface area contributed by atoms with Gasteiger partial charge in [0.15, 0.2) is 0 Å². The lowest BCUT2D eigenvalue weighted by Gasteiger charge is -2.36. The van der Waals surface area contributed by atoms with E-state index in [0.717, 1.165) is 11.4 Å². The van der Waals surface area contributed by atoms with E-state index < -0.39 is 0 Å². The predicted octanol–water partition coefficient (Wildman–Crippen LogP) is 1.46. The van der Waals surface area contributed by atoms with Crippen LogP contribution in [0.3, 0.4) is 0 Å². The summed E-state index contributed by atoms with van der Waals surface area (Å²) in [7, 11) is 3.74. The number of halogens is 1. The van der Waals surface area contributed by atoms with E-state index >= 15 is 0 Å². The maximum atomic E-state index is 13.3. The molecule has 0 fully saturated rings. The first kappa shape index (κ1) is 13.8. The van der Waals surface area contributed by atoms with Crippen molar-refractivity contribution in [2.45, 2.75) is 6.92 Å². The fourth-order valence-electron chi connectivity index (χ4n) is 2.41. The lowest BCUT2D eigenvalue weighted by atomic mass is 10.1. The molecular weight excluding hydrogens is 245 g/mol. The predicted molar refractivity (Wildman–Crippen MR) is 75.1 cm³/mol. The summed E-state index contributed by atoms with van der Waals surface area (Å²) in [6.07, 6.45) is 0. The van der Waals surface area contributed by atoms with Crippen LogP contribution >= 0.6 is 0 Å². The Morgan fingerprint density at radius 1 is 1.42 bits per heavy atom. The molecule has 1 aromatic carbocycles. The SMILES string of the molecule is CNCC(C)C(=O)N1CCN(C)c2cc(F)ccc21. The lowest BCUT2D eigenvalue weighted by Crippen LogP contribution is -2.46. The quantitative estimate of drug-likeness (QED) is 0.899. The number of benzene rings is 1. The summed E-state index contributed by atoms with van der Waals surface area (Å²) in [6, 6.07) is 4.57. The average Bonchev–Trinajstić information content (AvgIpc) is 2.39. The standard InChI is InChI=1S/C14H20FN3O/c1-10(9-16-2)14(19)18-7-6-17(3)13-8-11(15)4-5-12(13)18/h4-5,8,10,16H,6-7,9H2,1-3H3. The van der Waals surface area contributed by atoms with Crippen molar-refractivity contribution >= 4 is 17.3 Å². The smallest absolute Gasteiger partial charge is 0.231 e. The number of anilines is 2. The van der Waals surface area contributed by atoms with Gasteiger partial charge >= 0.3 is 0 Å². The van der Waals surface area contributed by atoms with Crippen LogP contribution in [0, 0.1) is 11.7 Å². The molecule has 0 spiro atoms. The van der Waals surface area contributed by atoms with E-state index in [1.807, 2.05) is 25.9 Å². The van der Waals surface area contributed by atoms with E-state index in [4.69, 9.17) is 0 Å². The zero-order valence-corrected chi connectivity index (χ0v) is 11.6. The molecule has 0 aromatic heterocycles. The summed E-state index contributed by atoms with van der Waals surface area (Å²) in [5.74, 6) is -0.287. The van der Waals surface area contributed by atoms with Crippen LogP contribution < -0.4 is 15.1 Å². The topological polar surface area (TPSA) is 35.6 Å². The highest BCUT2D eigenvalue weighted by Gasteiger charge is 2.28. The Bertz CT molecular complexity index is 478. The van der Waals surface area contributed by atoms with E-state index in [0.29, 0.717) is 19.6 Å². The highest BCUT2D eigenvalue weighted by atomic mass is 19.1. The Morgan fingerprint density at radius 3 is 2.84 bits per heavy atom. The van der Waals surface area contributed by atoms with Gasteiger partial charge in [-0.05, 0) is 25.2 Å². The van der Waals surface area contributed by atoms with Crippen LogP contribution in [0.2, 0.25) is 0 Å². The number of rotatable bonds is 3. The van der Waals surface area contributed by atoms with E-state index in [9.17, 15) is 9.18 Å². The molecule has 2 rings (SSSR count). The molecule has 5 heteroatoms. The number of hydrogen-bond acceptors (Lipinski definition) is 3. The minimum absolute atomic E-state index is 0.0790. The number of nitrogens with zero attached hydrogens (tertiary/aromatic N) is 2. The fraction of sp³-hybridized carbons (Fsp3) is 0.500. The van der Waals surface area contributed by atoms with Crippen molar-refractivity contribution in [2.24, 2.45) is 5.92 Å². The molecule has 4 nitrogen and oxygen atoms in total. The van der Waals surface area contributed by atoms with E-state index in [-0.39, 0.29) is 17.6 Å². The monoisotopic (exact) mass is 265 g/mol. The summed E-state index contributed by atoms with van der Waals surface area (Å²) < 4.78 is 13.3. The van der Waals surface area contributed by atoms with E-state index in [1.165, 1.54) is 12.1 Å². The van der Waals surface area contributed by atoms with Gasteiger partial charge in [0, 0.05) is 32.6 Å². The zero-order chi connectivity index (χ0) is 14.0. The molecule has 0 saturated heterocycles. The van der Waals surface area contributed by atoms with Crippen LogP contribution in [-0.2, 0) is 4.79 Å². The molecule has 1 unspecified atom stereocenters. The third kappa shape index (κ3) is 2.71. The Balaban J connectivity index is 2.30. The summed E-state index contributed by atoms with van der Waals surface area (Å²) >= 11 is 0. The van der Waals surface area contributed by atoms with Crippen LogP contribution in [0.5, 0.6) is 0 Å². The molecule has 1 N–H and O–H groups in total. The number of likely N-dealkylation sites (N-methyl/N-ethyl adjacent to an activating group) is 1. The Kier molecular flexibility index (Phi) is 4.04. The van der Waals surface area contributed by atoms with Crippen LogP contribution in [-0.4, -0.2) is 39.6 Å². The molecule has 1 heterocycles. The van der Waals surface area contributed by atoms with Crippen LogP contribution in [0.4, 0.5) is 15.8 Å². The number of amides is 1. The van der Waals surface area contributed by atoms with Crippen molar-refractivity contribution in [3.05, 3.63) is 24.0 Å². The molecule has 104 valence electrons. The molecular formula is C14H20FN3O. The Labute approximate surface area is 113 Å². The highest BCUT2D eigenvalue weighted by molar-refractivity contribution is 5.99. The third-order valence-electron chi connectivity index (χ3n) is 3.50. The van der Waals surface area contributed by atoms with E-state index in [2.05, 4.69) is 5.32 Å². The molecule has 1 atom stereocenters. The Morgan fingerprint density at radius 2 is 2.16 bits per heavy atom. The molecule has 1 amide bonds. The van der Waals surface area contributed by atoms with Gasteiger partial charge in [-0.2, -0.15) is 0 Å². The van der Waals surface area contributed by atoms with Crippen molar-refractivity contribution in [3.63, 3.8) is 0 Å². The molecule has 0 bridgehead atoms. The minimum Gasteiger partial charge on any atom is -0.371 e. The van der Waals surface area contributed by atoms with Gasteiger partial charge in [0.05, 0.1) is 11.4 Å². The van der Waals surface area contributed by atoms with Crippen LogP contribution in [0.25, 0.3) is 0 Å². The average molecular weight is 265 g/mol. The number of carbonyl (C=O) groups excluding carboxylic acids is 1. The van der Waals surface area contributed by atoms with Crippen LogP contribution in [0.15, 0.2) is 18.2 Å². The number of carbonyl (C=O) groups is 1. The first-order chi connectivity index (χ1) is 9.04. The normalized spacial score (nSPS) is 16.2. The first-order valence-electron chi connectivity index (χ1n) is 6.51. The second-order valence-electron chi connectivity index (χ2n) is 5.00. The van der Waals surface area contributed by atoms with Gasteiger partial charge in [0.25, 0.3) is 0 Å². The van der Waals surface area contributed by atoms with Crippen molar-refractivity contribution in [1.29, 1.82) is 0 Å². The van der Waals surface area contributed by atoms with Gasteiger partial charge in [0.1, 0.15) is 5.82 Å². The fourth-order valence-corrected chi connectivity index (χ4v) is 2.41. The summed E-state index contributed by atoms with van der Waals surface area (Å²) in [5, 5.41) is 3.01. The van der Waals surface area contributed by atoms with Crippen molar-refractivity contribution < 1.29 is 9.18 Å². The summed E-state index contributed by atoms with van der Waals surface area (Å²) in [4.78, 5) is 16.2. The second kappa shape index (κ2) is 5.57. The van der Waals surface area contributed by atoms with Gasteiger partial charge < -0.3 is 15.1 Å². The maximum absolute atomic E-state index is 13.3. The van der Waals surface area contributed by atoms with Crippen molar-refractivity contribution in [2.75, 3.05) is 43.5 Å². The maximum Gasteiger partial charge on any atom is 0.231 e. The molecule has 0 aliphatic carbocycles. The largest absolute Gasteiger partial charge is 0.371 e. The summed E-state index contributed by atoms with van der Waals surface area (Å²) in [6.45, 7) is 3.90. The third-order valence-corrected chi connectivity index (χ3v) is 3.50. The van der Waals surface area contributed by atoms with Gasteiger partial charge in [-0.25, -0.2) is 4.39 Å². The van der Waals surface area contributed by atoms with Crippen molar-refractivity contribution in [1.82, 2.24) is 5.32 Å². The van der Waals surface area contributed by atoms with Gasteiger partial charge in [-0.1, -0.05) is 6.92 Å². The van der Waals surface area contributed by atoms with Crippen molar-refractivity contribution in [3.8, 4) is 0 Å². The number of hydrogen-bond donors (Lipinski definition) is 1. The highest BCUT2D eigenvalue weighted by Crippen LogP contribution is 2.33. The van der Waals surface area contributed by atoms with Gasteiger partial charge in [-0.3, -0.25) is 4.79 Å². The van der Waals surface area contributed by atoms with Gasteiger partial charge in [-0.15, -0.1) is 0 Å². The molecule has 1 aliphatic rings. The molecule has 0 radical (unpaired) electrons. The molecule has 1 aliphatic heterocycles. The molecule has 0 saturated carbocycles. The number of nitrogens with one attached hydrogen (secondary N) is 1. The lowest BCUT2D eigenvalue weighted by molar-refractivity contribution is -0.121. The van der Waals surface area contributed by atoms with E-state index in [1.54, 1.807) is 11.0 Å². The molecule has 1 aromatic rings. The zero-order valence-electron chi connectivity index (χ0n) is 11.6. The minimum atomic E-state index is -0.275. The molecule has 19 heavy (non-hydrogen) atoms. The Hall–Kier alpha value is -1.62.